The monoisotopic (exact) mass is 968 g/mol. The summed E-state index contributed by atoms with van der Waals surface area (Å²) in [4.78, 5) is 10.3. The van der Waals surface area contributed by atoms with Gasteiger partial charge >= 0.3 is 0 Å². The first kappa shape index (κ1) is 34.5. The van der Waals surface area contributed by atoms with E-state index in [1.807, 2.05) is 120 Å². The van der Waals surface area contributed by atoms with Crippen molar-refractivity contribution < 1.29 is 34.7 Å². The first-order valence-corrected chi connectivity index (χ1v) is 19.8. The van der Waals surface area contributed by atoms with Crippen LogP contribution in [0.4, 0.5) is 0 Å². The molecular formula is C55H36N3O2Pt-. The summed E-state index contributed by atoms with van der Waals surface area (Å²) < 4.78 is 33.5. The average molecular weight is 969 g/mol. The normalized spacial score (nSPS) is 12.2. The van der Waals surface area contributed by atoms with E-state index in [1.54, 1.807) is 24.3 Å². The Morgan fingerprint density at radius 1 is 0.590 bits per heavy atom. The molecule has 8 aromatic carbocycles. The van der Waals surface area contributed by atoms with Crippen LogP contribution in [-0.2, 0) is 21.1 Å². The van der Waals surface area contributed by atoms with Gasteiger partial charge in [-0.1, -0.05) is 162 Å². The van der Waals surface area contributed by atoms with Crippen LogP contribution in [0.15, 0.2) is 199 Å². The van der Waals surface area contributed by atoms with Crippen LogP contribution < -0.4 is 0 Å². The summed E-state index contributed by atoms with van der Waals surface area (Å²) in [6, 6.07) is 64.9. The van der Waals surface area contributed by atoms with Gasteiger partial charge in [0, 0.05) is 48.0 Å². The van der Waals surface area contributed by atoms with E-state index in [2.05, 4.69) is 60.7 Å². The molecule has 0 aliphatic heterocycles. The van der Waals surface area contributed by atoms with Crippen LogP contribution >= 0.6 is 0 Å². The van der Waals surface area contributed by atoms with E-state index in [-0.39, 0.29) is 32.4 Å². The minimum atomic E-state index is -2.33. The molecule has 0 radical (unpaired) electrons. The number of fused-ring (bicyclic) bond motifs is 4. The minimum Gasteiger partial charge on any atom is -0.507 e. The molecule has 0 aliphatic rings. The van der Waals surface area contributed by atoms with Gasteiger partial charge in [-0.15, -0.1) is 12.1 Å². The van der Waals surface area contributed by atoms with Gasteiger partial charge in [-0.2, -0.15) is 0 Å². The minimum absolute atomic E-state index is 0. The van der Waals surface area contributed by atoms with Crippen LogP contribution in [0.2, 0.25) is 0 Å². The molecule has 11 rings (SSSR count). The van der Waals surface area contributed by atoms with Crippen molar-refractivity contribution in [3.8, 4) is 78.6 Å². The second-order valence-corrected chi connectivity index (χ2v) is 14.8. The maximum absolute atomic E-state index is 11.4. The third kappa shape index (κ3) is 6.74. The maximum atomic E-state index is 11.4. The molecule has 0 atom stereocenters. The van der Waals surface area contributed by atoms with Gasteiger partial charge in [-0.05, 0) is 82.5 Å². The molecule has 5 nitrogen and oxygen atoms in total. The largest absolute Gasteiger partial charge is 0.507 e. The van der Waals surface area contributed by atoms with E-state index in [0.717, 1.165) is 66.5 Å². The Kier molecular flexibility index (Phi) is 8.88. The zero-order valence-corrected chi connectivity index (χ0v) is 34.8. The van der Waals surface area contributed by atoms with Crippen molar-refractivity contribution in [1.29, 1.82) is 0 Å². The van der Waals surface area contributed by atoms with Crippen LogP contribution in [0, 0.1) is 12.9 Å². The number of nitrogens with zero attached hydrogens (tertiary/aromatic N) is 3. The summed E-state index contributed by atoms with van der Waals surface area (Å²) in [6.07, 6.45) is 1.84. The first-order chi connectivity index (χ1) is 30.8. The topological polar surface area (TPSA) is 64.1 Å². The number of pyridine rings is 1. The standard InChI is InChI=1S/C55H36N3O2.Pt/c1-35-23-28-49(45(31-35)39-15-6-3-7-16-39)58-50-20-12-19-43(53(50)57-55(58)44-18-8-10-21-51(44)59)47-33-41(32-46-42-17-9-11-22-52(42)60-54(46)47)48-34-40(29-30-56-48)38-26-24-37(25-27-38)36-13-4-2-5-14-36;/h2-32,34,59H,1H3;/q-1;/i1D3;. The number of para-hydroxylation sites is 3. The Morgan fingerprint density at radius 3 is 2.07 bits per heavy atom. The van der Waals surface area contributed by atoms with E-state index >= 15 is 0 Å². The van der Waals surface area contributed by atoms with Gasteiger partial charge in [0.05, 0.1) is 27.9 Å². The van der Waals surface area contributed by atoms with Gasteiger partial charge in [0.25, 0.3) is 0 Å². The molecule has 0 saturated heterocycles. The second-order valence-electron chi connectivity index (χ2n) is 14.8. The van der Waals surface area contributed by atoms with Crippen molar-refractivity contribution in [2.24, 2.45) is 0 Å². The molecule has 294 valence electrons. The van der Waals surface area contributed by atoms with Gasteiger partial charge < -0.3 is 9.52 Å². The second kappa shape index (κ2) is 15.7. The van der Waals surface area contributed by atoms with Crippen molar-refractivity contribution in [2.45, 2.75) is 6.85 Å². The van der Waals surface area contributed by atoms with E-state index < -0.39 is 6.85 Å². The number of benzene rings is 8. The first-order valence-electron chi connectivity index (χ1n) is 21.3. The third-order valence-electron chi connectivity index (χ3n) is 11.2. The number of phenolic OH excluding ortho intramolecular Hbond substituents is 1. The number of aromatic nitrogens is 3. The zero-order valence-electron chi connectivity index (χ0n) is 35.5. The van der Waals surface area contributed by atoms with Crippen LogP contribution in [0.3, 0.4) is 0 Å². The van der Waals surface area contributed by atoms with Crippen molar-refractivity contribution in [2.75, 3.05) is 0 Å². The number of aromatic hydroxyl groups is 1. The van der Waals surface area contributed by atoms with Crippen LogP contribution in [0.25, 0.3) is 106 Å². The molecule has 0 spiro atoms. The Labute approximate surface area is 371 Å². The molecule has 6 heteroatoms. The molecule has 0 fully saturated rings. The van der Waals surface area contributed by atoms with Gasteiger partial charge in [-0.25, -0.2) is 4.98 Å². The Hall–Kier alpha value is -7.33. The molecule has 0 unspecified atom stereocenters. The van der Waals surface area contributed by atoms with Crippen LogP contribution in [0.1, 0.15) is 9.68 Å². The van der Waals surface area contributed by atoms with E-state index in [0.29, 0.717) is 39.3 Å². The number of hydrogen-bond donors (Lipinski definition) is 1. The predicted octanol–water partition coefficient (Wildman–Crippen LogP) is 14.1. The molecule has 0 aliphatic carbocycles. The summed E-state index contributed by atoms with van der Waals surface area (Å²) in [6.45, 7) is -2.33. The molecule has 0 saturated carbocycles. The van der Waals surface area contributed by atoms with E-state index in [1.165, 1.54) is 0 Å². The number of hydrogen-bond acceptors (Lipinski definition) is 4. The SMILES string of the molecule is [2H]C([2H])([2H])c1ccc(-n2c(-c3ccccc3O)nc3c(-c4[c-]c(-c5cc(-c6ccc(-c7ccccc7)cc6)ccn5)cc5c4oc4ccccc45)cccc32)c(-c2ccccc2)c1.[Pt]. The van der Waals surface area contributed by atoms with Gasteiger partial charge in [0.1, 0.15) is 17.2 Å². The average Bonchev–Trinajstić information content (AvgIpc) is 3.91. The fraction of sp³-hybridized carbons (Fsp3) is 0.0182. The Morgan fingerprint density at radius 2 is 1.28 bits per heavy atom. The number of rotatable bonds is 7. The number of phenols is 1. The van der Waals surface area contributed by atoms with Crippen molar-refractivity contribution >= 4 is 33.0 Å². The summed E-state index contributed by atoms with van der Waals surface area (Å²) in [5.74, 6) is 0.545. The van der Waals surface area contributed by atoms with Gasteiger partial charge in [0.2, 0.25) is 0 Å². The molecule has 3 heterocycles. The van der Waals surface area contributed by atoms with E-state index in [4.69, 9.17) is 18.5 Å². The molecule has 3 aromatic heterocycles. The van der Waals surface area contributed by atoms with Crippen LogP contribution in [0.5, 0.6) is 5.75 Å². The summed E-state index contributed by atoms with van der Waals surface area (Å²) in [5, 5.41) is 13.3. The summed E-state index contributed by atoms with van der Waals surface area (Å²) >= 11 is 0. The van der Waals surface area contributed by atoms with Crippen molar-refractivity contribution in [1.82, 2.24) is 14.5 Å². The smallest absolute Gasteiger partial charge is 0.148 e. The number of imidazole rings is 1. The van der Waals surface area contributed by atoms with Crippen LogP contribution in [-0.4, -0.2) is 19.6 Å². The Bertz CT molecular complexity index is 3510. The van der Waals surface area contributed by atoms with Crippen molar-refractivity contribution in [3.63, 3.8) is 0 Å². The third-order valence-corrected chi connectivity index (χ3v) is 11.2. The summed E-state index contributed by atoms with van der Waals surface area (Å²) in [7, 11) is 0. The predicted molar refractivity (Wildman–Crippen MR) is 244 cm³/mol. The fourth-order valence-electron chi connectivity index (χ4n) is 8.31. The Balaban J connectivity index is 0.00000484. The van der Waals surface area contributed by atoms with E-state index in [9.17, 15) is 5.11 Å². The molecule has 0 bridgehead atoms. The summed E-state index contributed by atoms with van der Waals surface area (Å²) in [5.41, 5.74) is 13.2. The molecule has 1 N–H and O–H groups in total. The molecule has 0 amide bonds. The molecular weight excluding hydrogens is 930 g/mol. The molecule has 11 aromatic rings. The van der Waals surface area contributed by atoms with Gasteiger partial charge in [-0.3, -0.25) is 9.55 Å². The quantitative estimate of drug-likeness (QED) is 0.162. The molecule has 61 heavy (non-hydrogen) atoms. The maximum Gasteiger partial charge on any atom is 0.148 e. The van der Waals surface area contributed by atoms with Crippen molar-refractivity contribution in [3.05, 3.63) is 206 Å². The van der Waals surface area contributed by atoms with Gasteiger partial charge in [0.15, 0.2) is 0 Å². The number of furan rings is 1. The zero-order chi connectivity index (χ0) is 42.7. The number of aryl methyl sites for hydroxylation is 1. The fourth-order valence-corrected chi connectivity index (χ4v) is 8.31.